The fourth-order valence-corrected chi connectivity index (χ4v) is 0. The molecule has 0 aromatic rings. The molecule has 0 aliphatic rings. The number of carbonyl (C=O) groups excluding carboxylic acids is 1. The molecular formula is C3H6OZn. The minimum atomic E-state index is 0. The van der Waals surface area contributed by atoms with Gasteiger partial charge in [-0.15, -0.1) is 0 Å². The van der Waals surface area contributed by atoms with E-state index < -0.39 is 0 Å². The Balaban J connectivity index is 0. The Kier molecular flexibility index (Phi) is 7.72. The van der Waals surface area contributed by atoms with Crippen LogP contribution in [0.1, 0.15) is 13.8 Å². The summed E-state index contributed by atoms with van der Waals surface area (Å²) < 4.78 is 0. The van der Waals surface area contributed by atoms with Crippen LogP contribution < -0.4 is 0 Å². The van der Waals surface area contributed by atoms with Gasteiger partial charge in [0.15, 0.2) is 0 Å². The minimum absolute atomic E-state index is 0. The third-order valence-corrected chi connectivity index (χ3v) is 0. The van der Waals surface area contributed by atoms with Crippen LogP contribution in [0.15, 0.2) is 0 Å². The fourth-order valence-electron chi connectivity index (χ4n) is 0. The number of hydrogen-bond acceptors (Lipinski definition) is 1. The summed E-state index contributed by atoms with van der Waals surface area (Å²) in [6.07, 6.45) is 0. The molecule has 0 rings (SSSR count). The van der Waals surface area contributed by atoms with Crippen LogP contribution in [0.4, 0.5) is 0 Å². The molecule has 0 atom stereocenters. The van der Waals surface area contributed by atoms with Crippen molar-refractivity contribution in [3.8, 4) is 0 Å². The van der Waals surface area contributed by atoms with E-state index in [1.54, 1.807) is 0 Å². The van der Waals surface area contributed by atoms with E-state index in [-0.39, 0.29) is 25.3 Å². The van der Waals surface area contributed by atoms with Gasteiger partial charge < -0.3 is 4.79 Å². The fraction of sp³-hybridized carbons (Fsp3) is 0.667. The van der Waals surface area contributed by atoms with Gasteiger partial charge in [-0.1, -0.05) is 0 Å². The molecule has 26 valence electrons. The minimum Gasteiger partial charge on any atom is -0.300 e. The predicted octanol–water partition coefficient (Wildman–Crippen LogP) is 0.593. The molecule has 0 fully saturated rings. The smallest absolute Gasteiger partial charge is 0.126 e. The van der Waals surface area contributed by atoms with Crippen molar-refractivity contribution in [1.82, 2.24) is 0 Å². The quantitative estimate of drug-likeness (QED) is 0.431. The molecule has 2 heteroatoms. The number of ketones is 1. The van der Waals surface area contributed by atoms with E-state index in [1.807, 2.05) is 0 Å². The Bertz CT molecular complexity index is 29.9. The van der Waals surface area contributed by atoms with Gasteiger partial charge in [-0.25, -0.2) is 0 Å². The van der Waals surface area contributed by atoms with Crippen molar-refractivity contribution in [2.24, 2.45) is 0 Å². The van der Waals surface area contributed by atoms with Gasteiger partial charge in [0.05, 0.1) is 0 Å². The molecular weight excluding hydrogens is 117 g/mol. The van der Waals surface area contributed by atoms with Crippen molar-refractivity contribution in [3.63, 3.8) is 0 Å². The van der Waals surface area contributed by atoms with Gasteiger partial charge >= 0.3 is 0 Å². The summed E-state index contributed by atoms with van der Waals surface area (Å²) in [6, 6.07) is 0. The number of Topliss-reactive ketones (excluding diaryl/α,β-unsaturated/α-hetero) is 1. The monoisotopic (exact) mass is 122 g/mol. The Labute approximate surface area is 44.5 Å². The molecule has 5 heavy (non-hydrogen) atoms. The van der Waals surface area contributed by atoms with Gasteiger partial charge in [0.25, 0.3) is 0 Å². The molecule has 1 nitrogen and oxygen atoms in total. The summed E-state index contributed by atoms with van der Waals surface area (Å²) >= 11 is 0. The summed E-state index contributed by atoms with van der Waals surface area (Å²) in [6.45, 7) is 3.06. The average molecular weight is 123 g/mol. The maximum Gasteiger partial charge on any atom is 0.126 e. The standard InChI is InChI=1S/C3H6O.Zn/c1-3(2)4;/h1-2H3;. The van der Waals surface area contributed by atoms with Crippen molar-refractivity contribution < 1.29 is 24.3 Å². The van der Waals surface area contributed by atoms with Gasteiger partial charge in [-0.2, -0.15) is 0 Å². The molecule has 0 spiro atoms. The van der Waals surface area contributed by atoms with Crippen molar-refractivity contribution in [3.05, 3.63) is 0 Å². The molecule has 0 saturated heterocycles. The second-order valence-corrected chi connectivity index (χ2v) is 0.908. The summed E-state index contributed by atoms with van der Waals surface area (Å²) in [7, 11) is 0. The average Bonchev–Trinajstić information content (AvgIpc) is 0.811. The van der Waals surface area contributed by atoms with Crippen LogP contribution >= 0.6 is 0 Å². The SMILES string of the molecule is CC(C)=O.[Zn]. The Morgan fingerprint density at radius 3 is 1.40 bits per heavy atom. The Morgan fingerprint density at radius 1 is 1.40 bits per heavy atom. The summed E-state index contributed by atoms with van der Waals surface area (Å²) in [4.78, 5) is 9.44. The molecule has 0 aliphatic carbocycles. The predicted molar refractivity (Wildman–Crippen MR) is 16.4 cm³/mol. The molecule has 0 saturated carbocycles. The maximum atomic E-state index is 9.44. The molecule has 0 radical (unpaired) electrons. The zero-order valence-corrected chi connectivity index (χ0v) is 6.58. The summed E-state index contributed by atoms with van der Waals surface area (Å²) in [5.41, 5.74) is 0. The molecule has 0 N–H and O–H groups in total. The number of carbonyl (C=O) groups is 1. The van der Waals surface area contributed by atoms with E-state index in [2.05, 4.69) is 0 Å². The maximum absolute atomic E-state index is 9.44. The van der Waals surface area contributed by atoms with Gasteiger partial charge in [0.2, 0.25) is 0 Å². The van der Waals surface area contributed by atoms with Crippen molar-refractivity contribution in [2.45, 2.75) is 13.8 Å². The third-order valence-electron chi connectivity index (χ3n) is 0. The van der Waals surface area contributed by atoms with E-state index in [0.29, 0.717) is 0 Å². The van der Waals surface area contributed by atoms with Gasteiger partial charge in [-0.05, 0) is 13.8 Å². The van der Waals surface area contributed by atoms with E-state index in [9.17, 15) is 4.79 Å². The van der Waals surface area contributed by atoms with E-state index in [4.69, 9.17) is 0 Å². The topological polar surface area (TPSA) is 17.1 Å². The largest absolute Gasteiger partial charge is 0.300 e. The molecule has 0 aliphatic heterocycles. The molecule has 0 aromatic carbocycles. The number of hydrogen-bond donors (Lipinski definition) is 0. The van der Waals surface area contributed by atoms with Crippen molar-refractivity contribution >= 4 is 5.78 Å². The molecule has 0 aromatic heterocycles. The first-order chi connectivity index (χ1) is 1.73. The van der Waals surface area contributed by atoms with Crippen LogP contribution in [0.2, 0.25) is 0 Å². The van der Waals surface area contributed by atoms with E-state index in [1.165, 1.54) is 13.8 Å². The van der Waals surface area contributed by atoms with Crippen molar-refractivity contribution in [2.75, 3.05) is 0 Å². The molecule has 0 unspecified atom stereocenters. The van der Waals surface area contributed by atoms with Crippen LogP contribution in [-0.4, -0.2) is 5.78 Å². The van der Waals surface area contributed by atoms with Crippen LogP contribution in [0.3, 0.4) is 0 Å². The van der Waals surface area contributed by atoms with Crippen LogP contribution in [0, 0.1) is 0 Å². The first-order valence-corrected chi connectivity index (χ1v) is 1.20. The van der Waals surface area contributed by atoms with Crippen LogP contribution in [0.5, 0.6) is 0 Å². The van der Waals surface area contributed by atoms with Crippen LogP contribution in [0.25, 0.3) is 0 Å². The first kappa shape index (κ1) is 9.00. The van der Waals surface area contributed by atoms with E-state index >= 15 is 0 Å². The molecule has 0 amide bonds. The molecule has 0 bridgehead atoms. The van der Waals surface area contributed by atoms with Crippen LogP contribution in [-0.2, 0) is 24.3 Å². The summed E-state index contributed by atoms with van der Waals surface area (Å²) in [5.74, 6) is 0.167. The Morgan fingerprint density at radius 2 is 1.40 bits per heavy atom. The van der Waals surface area contributed by atoms with Gasteiger partial charge in [-0.3, -0.25) is 0 Å². The molecule has 0 heterocycles. The normalized spacial score (nSPS) is 5.20. The Hall–Kier alpha value is 0.293. The van der Waals surface area contributed by atoms with Gasteiger partial charge in [0, 0.05) is 19.5 Å². The second-order valence-electron chi connectivity index (χ2n) is 0.908. The third kappa shape index (κ3) is 262. The second kappa shape index (κ2) is 4.29. The zero-order chi connectivity index (χ0) is 3.58. The summed E-state index contributed by atoms with van der Waals surface area (Å²) in [5, 5.41) is 0. The first-order valence-electron chi connectivity index (χ1n) is 1.20. The van der Waals surface area contributed by atoms with Crippen molar-refractivity contribution in [1.29, 1.82) is 0 Å². The zero-order valence-electron chi connectivity index (χ0n) is 3.62. The van der Waals surface area contributed by atoms with Gasteiger partial charge in [0.1, 0.15) is 5.78 Å². The van der Waals surface area contributed by atoms with E-state index in [0.717, 1.165) is 0 Å². The number of rotatable bonds is 0.